The molecule has 7 nitrogen and oxygen atoms in total. The average molecular weight is 301 g/mol. The Balaban J connectivity index is 2.74. The van der Waals surface area contributed by atoms with Crippen LogP contribution in [-0.2, 0) is 14.3 Å². The predicted octanol–water partition coefficient (Wildman–Crippen LogP) is 1.81. The zero-order valence-electron chi connectivity index (χ0n) is 12.7. The molecule has 7 heteroatoms. The molecule has 0 aromatic carbocycles. The number of hydrogen-bond acceptors (Lipinski definition) is 4. The lowest BCUT2D eigenvalue weighted by Crippen LogP contribution is -2.37. The minimum absolute atomic E-state index is 0.195. The van der Waals surface area contributed by atoms with Gasteiger partial charge in [-0.3, -0.25) is 9.59 Å². The van der Waals surface area contributed by atoms with E-state index in [0.29, 0.717) is 13.0 Å². The molecule has 0 radical (unpaired) electrons. The van der Waals surface area contributed by atoms with E-state index in [0.717, 1.165) is 0 Å². The third-order valence-corrected chi connectivity index (χ3v) is 3.45. The van der Waals surface area contributed by atoms with E-state index in [2.05, 4.69) is 0 Å². The van der Waals surface area contributed by atoms with Crippen LogP contribution in [0.15, 0.2) is 0 Å². The summed E-state index contributed by atoms with van der Waals surface area (Å²) in [6.07, 6.45) is -0.0867. The van der Waals surface area contributed by atoms with Crippen LogP contribution in [0.1, 0.15) is 40.0 Å². The number of amides is 1. The minimum atomic E-state index is -1.02. The van der Waals surface area contributed by atoms with E-state index in [1.165, 1.54) is 4.90 Å². The van der Waals surface area contributed by atoms with Crippen molar-refractivity contribution in [2.45, 2.75) is 45.6 Å². The van der Waals surface area contributed by atoms with Crippen molar-refractivity contribution in [2.75, 3.05) is 13.1 Å². The number of hydrogen-bond donors (Lipinski definition) is 2. The van der Waals surface area contributed by atoms with E-state index < -0.39 is 35.5 Å². The Kier molecular flexibility index (Phi) is 5.57. The van der Waals surface area contributed by atoms with Gasteiger partial charge in [0.15, 0.2) is 0 Å². The number of likely N-dealkylation sites (tertiary alicyclic amines) is 1. The summed E-state index contributed by atoms with van der Waals surface area (Å²) >= 11 is 0. The van der Waals surface area contributed by atoms with Crippen molar-refractivity contribution in [1.82, 2.24) is 4.90 Å². The first kappa shape index (κ1) is 17.3. The van der Waals surface area contributed by atoms with Gasteiger partial charge < -0.3 is 19.8 Å². The molecule has 1 saturated heterocycles. The van der Waals surface area contributed by atoms with E-state index in [9.17, 15) is 19.5 Å². The van der Waals surface area contributed by atoms with Gasteiger partial charge in [-0.2, -0.15) is 0 Å². The smallest absolute Gasteiger partial charge is 0.410 e. The third-order valence-electron chi connectivity index (χ3n) is 3.45. The highest BCUT2D eigenvalue weighted by Crippen LogP contribution is 2.28. The summed E-state index contributed by atoms with van der Waals surface area (Å²) < 4.78 is 5.27. The molecular formula is C14H23NO6. The number of nitrogens with zero attached hydrogens (tertiary/aromatic N) is 1. The summed E-state index contributed by atoms with van der Waals surface area (Å²) in [5.41, 5.74) is -0.615. The Labute approximate surface area is 123 Å². The van der Waals surface area contributed by atoms with Crippen molar-refractivity contribution in [3.8, 4) is 0 Å². The van der Waals surface area contributed by atoms with Gasteiger partial charge in [-0.25, -0.2) is 4.79 Å². The molecule has 0 bridgehead atoms. The molecule has 0 spiro atoms. The van der Waals surface area contributed by atoms with E-state index in [1.807, 2.05) is 0 Å². The monoisotopic (exact) mass is 301 g/mol. The molecule has 120 valence electrons. The molecule has 1 heterocycles. The van der Waals surface area contributed by atoms with Crippen LogP contribution in [0.2, 0.25) is 0 Å². The molecule has 1 fully saturated rings. The molecule has 1 aliphatic rings. The fourth-order valence-electron chi connectivity index (χ4n) is 2.47. The molecule has 1 rings (SSSR count). The molecule has 2 unspecified atom stereocenters. The standard InChI is InChI=1S/C14H23NO6/c1-14(2,3)21-13(20)15-6-4-9(8-11(16)17)10(5-7-15)12(18)19/h9-10H,4-8H2,1-3H3,(H,16,17)(H,18,19). The maximum absolute atomic E-state index is 12.0. The van der Waals surface area contributed by atoms with Gasteiger partial charge in [-0.05, 0) is 39.5 Å². The highest BCUT2D eigenvalue weighted by atomic mass is 16.6. The lowest BCUT2D eigenvalue weighted by atomic mass is 9.85. The number of aliphatic carboxylic acids is 2. The van der Waals surface area contributed by atoms with Gasteiger partial charge in [0.1, 0.15) is 5.60 Å². The Bertz CT molecular complexity index is 414. The van der Waals surface area contributed by atoms with Crippen LogP contribution in [0.4, 0.5) is 4.79 Å². The van der Waals surface area contributed by atoms with Gasteiger partial charge in [0.2, 0.25) is 0 Å². The van der Waals surface area contributed by atoms with Gasteiger partial charge in [0.25, 0.3) is 0 Å². The van der Waals surface area contributed by atoms with Crippen LogP contribution in [0.25, 0.3) is 0 Å². The number of carboxylic acid groups (broad SMARTS) is 2. The van der Waals surface area contributed by atoms with Gasteiger partial charge >= 0.3 is 18.0 Å². The maximum atomic E-state index is 12.0. The topological polar surface area (TPSA) is 104 Å². The van der Waals surface area contributed by atoms with Gasteiger partial charge in [0, 0.05) is 19.5 Å². The SMILES string of the molecule is CC(C)(C)OC(=O)N1CCC(CC(=O)O)C(C(=O)O)CC1. The summed E-state index contributed by atoms with van der Waals surface area (Å²) in [4.78, 5) is 35.6. The molecule has 21 heavy (non-hydrogen) atoms. The summed E-state index contributed by atoms with van der Waals surface area (Å²) in [5, 5.41) is 18.1. The Morgan fingerprint density at radius 3 is 2.19 bits per heavy atom. The van der Waals surface area contributed by atoms with Crippen molar-refractivity contribution in [3.05, 3.63) is 0 Å². The lowest BCUT2D eigenvalue weighted by molar-refractivity contribution is -0.145. The van der Waals surface area contributed by atoms with Crippen LogP contribution in [0.3, 0.4) is 0 Å². The second-order valence-electron chi connectivity index (χ2n) is 6.35. The summed E-state index contributed by atoms with van der Waals surface area (Å²) in [6.45, 7) is 5.86. The van der Waals surface area contributed by atoms with Crippen molar-refractivity contribution in [1.29, 1.82) is 0 Å². The molecular weight excluding hydrogens is 278 g/mol. The summed E-state index contributed by atoms with van der Waals surface area (Å²) in [6, 6.07) is 0. The van der Waals surface area contributed by atoms with Crippen molar-refractivity contribution in [3.63, 3.8) is 0 Å². The molecule has 0 aliphatic carbocycles. The fourth-order valence-corrected chi connectivity index (χ4v) is 2.47. The molecule has 2 atom stereocenters. The molecule has 0 aromatic heterocycles. The van der Waals surface area contributed by atoms with Gasteiger partial charge in [-0.1, -0.05) is 0 Å². The van der Waals surface area contributed by atoms with Crippen molar-refractivity contribution in [2.24, 2.45) is 11.8 Å². The number of carbonyl (C=O) groups excluding carboxylic acids is 1. The molecule has 2 N–H and O–H groups in total. The van der Waals surface area contributed by atoms with Crippen molar-refractivity contribution >= 4 is 18.0 Å². The van der Waals surface area contributed by atoms with E-state index in [4.69, 9.17) is 9.84 Å². The average Bonchev–Trinajstić information content (AvgIpc) is 2.48. The van der Waals surface area contributed by atoms with E-state index in [-0.39, 0.29) is 19.4 Å². The normalized spacial score (nSPS) is 23.3. The first-order valence-electron chi connectivity index (χ1n) is 7.02. The second-order valence-corrected chi connectivity index (χ2v) is 6.35. The third kappa shape index (κ3) is 5.61. The Hall–Kier alpha value is -1.79. The van der Waals surface area contributed by atoms with Crippen LogP contribution < -0.4 is 0 Å². The zero-order valence-corrected chi connectivity index (χ0v) is 12.7. The van der Waals surface area contributed by atoms with Crippen molar-refractivity contribution < 1.29 is 29.3 Å². The summed E-state index contributed by atoms with van der Waals surface area (Å²) in [7, 11) is 0. The Morgan fingerprint density at radius 1 is 1.14 bits per heavy atom. The Morgan fingerprint density at radius 2 is 1.71 bits per heavy atom. The number of carbonyl (C=O) groups is 3. The van der Waals surface area contributed by atoms with Crippen LogP contribution >= 0.6 is 0 Å². The summed E-state index contributed by atoms with van der Waals surface area (Å²) in [5.74, 6) is -3.23. The van der Waals surface area contributed by atoms with Gasteiger partial charge in [0.05, 0.1) is 5.92 Å². The highest BCUT2D eigenvalue weighted by Gasteiger charge is 2.35. The quantitative estimate of drug-likeness (QED) is 0.823. The zero-order chi connectivity index (χ0) is 16.2. The van der Waals surface area contributed by atoms with E-state index in [1.54, 1.807) is 20.8 Å². The largest absolute Gasteiger partial charge is 0.481 e. The van der Waals surface area contributed by atoms with Gasteiger partial charge in [-0.15, -0.1) is 0 Å². The van der Waals surface area contributed by atoms with E-state index >= 15 is 0 Å². The number of ether oxygens (including phenoxy) is 1. The molecule has 0 aromatic rings. The first-order valence-corrected chi connectivity index (χ1v) is 7.02. The predicted molar refractivity (Wildman–Crippen MR) is 73.9 cm³/mol. The van der Waals surface area contributed by atoms with Crippen LogP contribution in [0, 0.1) is 11.8 Å². The molecule has 1 amide bonds. The number of rotatable bonds is 3. The lowest BCUT2D eigenvalue weighted by Gasteiger charge is -2.26. The van der Waals surface area contributed by atoms with Crippen LogP contribution in [-0.4, -0.2) is 51.8 Å². The highest BCUT2D eigenvalue weighted by molar-refractivity contribution is 5.73. The number of carboxylic acids is 2. The second kappa shape index (κ2) is 6.78. The minimum Gasteiger partial charge on any atom is -0.481 e. The fraction of sp³-hybridized carbons (Fsp3) is 0.786. The maximum Gasteiger partial charge on any atom is 0.410 e. The van der Waals surface area contributed by atoms with Crippen LogP contribution in [0.5, 0.6) is 0 Å². The first-order chi connectivity index (χ1) is 9.60. The molecule has 1 aliphatic heterocycles. The molecule has 0 saturated carbocycles.